The molecule has 0 amide bonds. The molecular formula is C9H14Br2N2. The van der Waals surface area contributed by atoms with E-state index in [1.807, 2.05) is 6.92 Å². The van der Waals surface area contributed by atoms with Crippen molar-refractivity contribution in [2.45, 2.75) is 33.2 Å². The van der Waals surface area contributed by atoms with Crippen LogP contribution in [-0.2, 0) is 6.54 Å². The maximum atomic E-state index is 4.44. The van der Waals surface area contributed by atoms with Gasteiger partial charge in [-0.1, -0.05) is 15.9 Å². The average Bonchev–Trinajstić information content (AvgIpc) is 2.34. The lowest BCUT2D eigenvalue weighted by molar-refractivity contribution is 0.558. The molecule has 0 atom stereocenters. The SMILES string of the molecule is Cc1nn(CCCCBr)c(C)c1Br. The van der Waals surface area contributed by atoms with Crippen molar-refractivity contribution in [2.24, 2.45) is 0 Å². The molecule has 0 aliphatic rings. The van der Waals surface area contributed by atoms with Crippen LogP contribution < -0.4 is 0 Å². The highest BCUT2D eigenvalue weighted by Gasteiger charge is 2.07. The molecule has 0 unspecified atom stereocenters. The van der Waals surface area contributed by atoms with Crippen LogP contribution in [0.5, 0.6) is 0 Å². The van der Waals surface area contributed by atoms with Gasteiger partial charge in [0.25, 0.3) is 0 Å². The third kappa shape index (κ3) is 2.81. The van der Waals surface area contributed by atoms with E-state index in [2.05, 4.69) is 48.6 Å². The van der Waals surface area contributed by atoms with Crippen molar-refractivity contribution in [3.8, 4) is 0 Å². The molecule has 0 aliphatic heterocycles. The number of halogens is 2. The summed E-state index contributed by atoms with van der Waals surface area (Å²) in [4.78, 5) is 0. The number of alkyl halides is 1. The first kappa shape index (κ1) is 11.2. The summed E-state index contributed by atoms with van der Waals surface area (Å²) >= 11 is 6.94. The molecule has 0 fully saturated rings. The highest BCUT2D eigenvalue weighted by molar-refractivity contribution is 9.10. The lowest BCUT2D eigenvalue weighted by Gasteiger charge is -2.02. The Labute approximate surface area is 96.0 Å². The molecule has 0 saturated heterocycles. The van der Waals surface area contributed by atoms with Crippen LogP contribution in [0.3, 0.4) is 0 Å². The van der Waals surface area contributed by atoms with Crippen molar-refractivity contribution in [3.63, 3.8) is 0 Å². The van der Waals surface area contributed by atoms with Crippen molar-refractivity contribution < 1.29 is 0 Å². The summed E-state index contributed by atoms with van der Waals surface area (Å²) in [6.45, 7) is 5.14. The van der Waals surface area contributed by atoms with Gasteiger partial charge in [-0.05, 0) is 42.6 Å². The second-order valence-corrected chi connectivity index (χ2v) is 4.69. The van der Waals surface area contributed by atoms with Crippen LogP contribution >= 0.6 is 31.9 Å². The first-order chi connectivity index (χ1) is 6.16. The lowest BCUT2D eigenvalue weighted by atomic mass is 10.3. The molecule has 0 aromatic carbocycles. The highest BCUT2D eigenvalue weighted by atomic mass is 79.9. The molecule has 0 radical (unpaired) electrons. The van der Waals surface area contributed by atoms with Gasteiger partial charge in [0, 0.05) is 17.6 Å². The van der Waals surface area contributed by atoms with E-state index in [0.717, 1.165) is 22.0 Å². The predicted molar refractivity (Wildman–Crippen MR) is 62.4 cm³/mol. The normalized spacial score (nSPS) is 10.8. The number of nitrogens with zero attached hydrogens (tertiary/aromatic N) is 2. The first-order valence-corrected chi connectivity index (χ1v) is 6.33. The Hall–Kier alpha value is 0.170. The van der Waals surface area contributed by atoms with E-state index >= 15 is 0 Å². The van der Waals surface area contributed by atoms with Crippen LogP contribution in [0.1, 0.15) is 24.2 Å². The topological polar surface area (TPSA) is 17.8 Å². The summed E-state index contributed by atoms with van der Waals surface area (Å²) in [7, 11) is 0. The van der Waals surface area contributed by atoms with E-state index in [1.54, 1.807) is 0 Å². The van der Waals surface area contributed by atoms with Gasteiger partial charge < -0.3 is 0 Å². The van der Waals surface area contributed by atoms with E-state index in [0.29, 0.717) is 0 Å². The minimum absolute atomic E-state index is 1.02. The number of aromatic nitrogens is 2. The molecule has 2 nitrogen and oxygen atoms in total. The quantitative estimate of drug-likeness (QED) is 0.615. The molecule has 0 bridgehead atoms. The van der Waals surface area contributed by atoms with Gasteiger partial charge in [0.15, 0.2) is 0 Å². The average molecular weight is 310 g/mol. The molecule has 0 spiro atoms. The van der Waals surface area contributed by atoms with Gasteiger partial charge in [-0.25, -0.2) is 0 Å². The number of unbranched alkanes of at least 4 members (excludes halogenated alkanes) is 1. The molecule has 0 aliphatic carbocycles. The molecule has 4 heteroatoms. The van der Waals surface area contributed by atoms with Gasteiger partial charge >= 0.3 is 0 Å². The standard InChI is InChI=1S/C9H14Br2N2/c1-7-9(11)8(2)13(12-7)6-4-3-5-10/h3-6H2,1-2H3. The molecule has 1 heterocycles. The fourth-order valence-electron chi connectivity index (χ4n) is 1.25. The number of hydrogen-bond acceptors (Lipinski definition) is 1. The zero-order valence-corrected chi connectivity index (χ0v) is 11.2. The summed E-state index contributed by atoms with van der Waals surface area (Å²) in [6, 6.07) is 0. The Kier molecular flexibility index (Phi) is 4.46. The smallest absolute Gasteiger partial charge is 0.0738 e. The highest BCUT2D eigenvalue weighted by Crippen LogP contribution is 2.19. The van der Waals surface area contributed by atoms with Crippen molar-refractivity contribution in [1.29, 1.82) is 0 Å². The fraction of sp³-hybridized carbons (Fsp3) is 0.667. The molecule has 1 rings (SSSR count). The second-order valence-electron chi connectivity index (χ2n) is 3.10. The van der Waals surface area contributed by atoms with Crippen molar-refractivity contribution in [1.82, 2.24) is 9.78 Å². The summed E-state index contributed by atoms with van der Waals surface area (Å²) in [6.07, 6.45) is 2.38. The van der Waals surface area contributed by atoms with Gasteiger partial charge in [0.2, 0.25) is 0 Å². The minimum Gasteiger partial charge on any atom is -0.268 e. The van der Waals surface area contributed by atoms with Crippen LogP contribution in [0.2, 0.25) is 0 Å². The van der Waals surface area contributed by atoms with E-state index in [1.165, 1.54) is 18.5 Å². The number of hydrogen-bond donors (Lipinski definition) is 0. The monoisotopic (exact) mass is 308 g/mol. The Morgan fingerprint density at radius 2 is 2.00 bits per heavy atom. The minimum atomic E-state index is 1.02. The summed E-state index contributed by atoms with van der Waals surface area (Å²) in [5.41, 5.74) is 2.31. The summed E-state index contributed by atoms with van der Waals surface area (Å²) < 4.78 is 3.22. The van der Waals surface area contributed by atoms with Gasteiger partial charge in [-0.2, -0.15) is 5.10 Å². The Balaban J connectivity index is 2.61. The second kappa shape index (κ2) is 5.15. The van der Waals surface area contributed by atoms with Crippen molar-refractivity contribution >= 4 is 31.9 Å². The maximum absolute atomic E-state index is 4.44. The van der Waals surface area contributed by atoms with E-state index < -0.39 is 0 Å². The van der Waals surface area contributed by atoms with Crippen LogP contribution in [0.25, 0.3) is 0 Å². The first-order valence-electron chi connectivity index (χ1n) is 4.42. The number of aryl methyl sites for hydroxylation is 2. The van der Waals surface area contributed by atoms with Gasteiger partial charge in [0.05, 0.1) is 10.2 Å². The third-order valence-corrected chi connectivity index (χ3v) is 3.76. The predicted octanol–water partition coefficient (Wildman–Crippen LogP) is 3.44. The largest absolute Gasteiger partial charge is 0.268 e. The molecule has 74 valence electrons. The van der Waals surface area contributed by atoms with Crippen LogP contribution in [-0.4, -0.2) is 15.1 Å². The van der Waals surface area contributed by atoms with Gasteiger partial charge in [-0.15, -0.1) is 0 Å². The Morgan fingerprint density at radius 1 is 1.31 bits per heavy atom. The molecule has 0 N–H and O–H groups in total. The molecule has 13 heavy (non-hydrogen) atoms. The van der Waals surface area contributed by atoms with E-state index in [9.17, 15) is 0 Å². The van der Waals surface area contributed by atoms with E-state index in [-0.39, 0.29) is 0 Å². The van der Waals surface area contributed by atoms with Crippen LogP contribution in [0.4, 0.5) is 0 Å². The summed E-state index contributed by atoms with van der Waals surface area (Å²) in [5.74, 6) is 0. The van der Waals surface area contributed by atoms with Gasteiger partial charge in [0.1, 0.15) is 0 Å². The zero-order valence-electron chi connectivity index (χ0n) is 7.98. The molecule has 0 saturated carbocycles. The summed E-state index contributed by atoms with van der Waals surface area (Å²) in [5, 5.41) is 5.51. The third-order valence-electron chi connectivity index (χ3n) is 2.05. The zero-order chi connectivity index (χ0) is 9.84. The Morgan fingerprint density at radius 3 is 2.46 bits per heavy atom. The van der Waals surface area contributed by atoms with Crippen molar-refractivity contribution in [3.05, 3.63) is 15.9 Å². The molecule has 1 aromatic heterocycles. The van der Waals surface area contributed by atoms with E-state index in [4.69, 9.17) is 0 Å². The molecular weight excluding hydrogens is 296 g/mol. The lowest BCUT2D eigenvalue weighted by Crippen LogP contribution is -2.02. The Bertz CT molecular complexity index is 281. The fourth-order valence-corrected chi connectivity index (χ4v) is 1.93. The van der Waals surface area contributed by atoms with Crippen LogP contribution in [0, 0.1) is 13.8 Å². The maximum Gasteiger partial charge on any atom is 0.0738 e. The molecule has 1 aromatic rings. The van der Waals surface area contributed by atoms with Crippen LogP contribution in [0.15, 0.2) is 4.47 Å². The van der Waals surface area contributed by atoms with Crippen molar-refractivity contribution in [2.75, 3.05) is 5.33 Å². The van der Waals surface area contributed by atoms with Gasteiger partial charge in [-0.3, -0.25) is 4.68 Å². The number of rotatable bonds is 4.